The van der Waals surface area contributed by atoms with E-state index in [9.17, 15) is 28.7 Å². The van der Waals surface area contributed by atoms with Crippen molar-refractivity contribution >= 4 is 110 Å². The highest BCUT2D eigenvalue weighted by molar-refractivity contribution is 8.76. The maximum Gasteiger partial charge on any atom is 0.524 e. The van der Waals surface area contributed by atoms with E-state index in [1.807, 2.05) is 75.4 Å². The first-order valence-electron chi connectivity index (χ1n) is 22.6. The van der Waals surface area contributed by atoms with E-state index in [4.69, 9.17) is 37.2 Å². The zero-order valence-corrected chi connectivity index (χ0v) is 42.8. The van der Waals surface area contributed by atoms with Crippen LogP contribution in [0.15, 0.2) is 90.1 Å². The van der Waals surface area contributed by atoms with Crippen molar-refractivity contribution < 1.29 is 47.5 Å². The first-order chi connectivity index (χ1) is 32.9. The Morgan fingerprint density at radius 3 is 1.87 bits per heavy atom. The number of alkyl halides is 2. The smallest absolute Gasteiger partial charge is 0.448 e. The van der Waals surface area contributed by atoms with Gasteiger partial charge in [0.2, 0.25) is 11.8 Å². The molecule has 1 unspecified atom stereocenters. The molecule has 5 aromatic rings. The number of halogens is 2. The lowest BCUT2D eigenvalue weighted by Gasteiger charge is -2.54. The fourth-order valence-electron chi connectivity index (χ4n) is 10.0. The highest BCUT2D eigenvalue weighted by atomic mass is 35.5. The van der Waals surface area contributed by atoms with E-state index in [1.165, 1.54) is 26.7 Å². The van der Waals surface area contributed by atoms with E-state index in [2.05, 4.69) is 4.98 Å². The SMILES string of the molecule is CCC1(C(=O)N2C[C@@H](CCl)c3c2cc(OC(=O)N(C)CCN(C)C(=O)OC[C@@H](C)SSc2ccccn2)c2ccccc32)CC(C)(C(=O)N2CC(CCl)c3c2cc(OP(=O)(O)O)c2ccccc32)C1. The quantitative estimate of drug-likeness (QED) is 0.0542. The molecule has 0 bridgehead atoms. The topological polar surface area (TPSA) is 179 Å². The van der Waals surface area contributed by atoms with E-state index in [0.29, 0.717) is 40.5 Å². The first-order valence-corrected chi connectivity index (χ1v) is 27.4. The number of carbonyl (C=O) groups is 4. The van der Waals surface area contributed by atoms with E-state index < -0.39 is 30.8 Å². The number of carbonyl (C=O) groups excluding carboxylic acids is 4. The molecule has 0 spiro atoms. The molecule has 0 radical (unpaired) electrons. The Kier molecular flexibility index (Phi) is 15.1. The third kappa shape index (κ3) is 10.2. The second-order valence-electron chi connectivity index (χ2n) is 18.3. The van der Waals surface area contributed by atoms with Crippen LogP contribution >= 0.6 is 52.6 Å². The first kappa shape index (κ1) is 50.6. The molecule has 20 heteroatoms. The molecule has 2 aliphatic heterocycles. The zero-order chi connectivity index (χ0) is 49.4. The normalized spacial score (nSPS) is 21.1. The summed E-state index contributed by atoms with van der Waals surface area (Å²) >= 11 is 13.2. The Hall–Kier alpha value is -4.74. The highest BCUT2D eigenvalue weighted by Gasteiger charge is 2.62. The molecular formula is C49H54Cl2N5O10PS2. The predicted octanol–water partition coefficient (Wildman–Crippen LogP) is 10.4. The van der Waals surface area contributed by atoms with Crippen molar-refractivity contribution in [3.8, 4) is 11.5 Å². The number of hydrogen-bond acceptors (Lipinski definition) is 11. The minimum atomic E-state index is -4.96. The number of pyridine rings is 1. The number of phosphoric acid groups is 1. The van der Waals surface area contributed by atoms with Gasteiger partial charge in [-0.05, 0) is 71.0 Å². The third-order valence-corrected chi connectivity index (χ3v) is 17.3. The number of rotatable bonds is 16. The molecule has 3 aliphatic rings. The summed E-state index contributed by atoms with van der Waals surface area (Å²) in [5.41, 5.74) is 0.832. The molecule has 3 heterocycles. The van der Waals surface area contributed by atoms with Crippen molar-refractivity contribution in [3.05, 3.63) is 96.2 Å². The summed E-state index contributed by atoms with van der Waals surface area (Å²) in [6, 6.07) is 23.5. The van der Waals surface area contributed by atoms with Gasteiger partial charge in [0.15, 0.2) is 0 Å². The molecular weight excluding hydrogens is 985 g/mol. The van der Waals surface area contributed by atoms with Gasteiger partial charge in [-0.1, -0.05) is 79.2 Å². The van der Waals surface area contributed by atoms with Crippen molar-refractivity contribution in [1.29, 1.82) is 0 Å². The number of amides is 4. The number of phosphoric ester groups is 1. The van der Waals surface area contributed by atoms with Crippen molar-refractivity contribution in [3.63, 3.8) is 0 Å². The molecule has 8 rings (SSSR count). The van der Waals surface area contributed by atoms with Gasteiger partial charge in [0.25, 0.3) is 0 Å². The van der Waals surface area contributed by atoms with Gasteiger partial charge >= 0.3 is 20.0 Å². The molecule has 4 amide bonds. The lowest BCUT2D eigenvalue weighted by atomic mass is 9.51. The molecule has 1 saturated carbocycles. The minimum absolute atomic E-state index is 0.00864. The molecule has 3 atom stereocenters. The van der Waals surface area contributed by atoms with E-state index in [-0.39, 0.29) is 91.2 Å². The molecule has 0 saturated heterocycles. The lowest BCUT2D eigenvalue weighted by molar-refractivity contribution is -0.153. The van der Waals surface area contributed by atoms with Gasteiger partial charge in [-0.2, -0.15) is 0 Å². The van der Waals surface area contributed by atoms with Crippen LogP contribution in [-0.2, 0) is 18.9 Å². The van der Waals surface area contributed by atoms with Gasteiger partial charge in [0, 0.05) is 104 Å². The number of aromatic nitrogens is 1. The molecule has 1 aliphatic carbocycles. The summed E-state index contributed by atoms with van der Waals surface area (Å²) in [4.78, 5) is 86.5. The summed E-state index contributed by atoms with van der Waals surface area (Å²) in [5.74, 6) is -0.231. The van der Waals surface area contributed by atoms with Gasteiger partial charge in [-0.25, -0.2) is 19.1 Å². The average Bonchev–Trinajstić information content (AvgIpc) is 3.91. The van der Waals surface area contributed by atoms with Crippen LogP contribution in [0.5, 0.6) is 11.5 Å². The third-order valence-electron chi connectivity index (χ3n) is 13.4. The van der Waals surface area contributed by atoms with Crippen molar-refractivity contribution in [2.45, 2.75) is 62.1 Å². The zero-order valence-electron chi connectivity index (χ0n) is 38.8. The highest BCUT2D eigenvalue weighted by Crippen LogP contribution is 2.61. The van der Waals surface area contributed by atoms with Crippen LogP contribution in [0.25, 0.3) is 21.5 Å². The number of hydrogen-bond donors (Lipinski definition) is 2. The molecule has 4 aromatic carbocycles. The van der Waals surface area contributed by atoms with Gasteiger partial charge < -0.3 is 33.6 Å². The Balaban J connectivity index is 0.970. The molecule has 1 aromatic heterocycles. The average molecular weight is 1040 g/mol. The van der Waals surface area contributed by atoms with Crippen LogP contribution in [0.4, 0.5) is 21.0 Å². The number of fused-ring (bicyclic) bond motifs is 6. The van der Waals surface area contributed by atoms with Crippen LogP contribution in [0.1, 0.15) is 63.0 Å². The van der Waals surface area contributed by atoms with Gasteiger partial charge in [-0.3, -0.25) is 19.4 Å². The van der Waals surface area contributed by atoms with Crippen LogP contribution < -0.4 is 19.1 Å². The Bertz CT molecular complexity index is 2830. The monoisotopic (exact) mass is 1040 g/mol. The summed E-state index contributed by atoms with van der Waals surface area (Å²) in [6.45, 7) is 6.82. The summed E-state index contributed by atoms with van der Waals surface area (Å²) in [6.07, 6.45) is 1.49. The van der Waals surface area contributed by atoms with E-state index in [1.54, 1.807) is 59.1 Å². The number of ether oxygens (including phenoxy) is 2. The van der Waals surface area contributed by atoms with Gasteiger partial charge in [-0.15, -0.1) is 23.2 Å². The summed E-state index contributed by atoms with van der Waals surface area (Å²) < 4.78 is 28.8. The Morgan fingerprint density at radius 1 is 0.812 bits per heavy atom. The second-order valence-corrected chi connectivity index (χ2v) is 22.8. The van der Waals surface area contributed by atoms with Crippen molar-refractivity contribution in [2.24, 2.45) is 10.8 Å². The number of nitrogens with zero attached hydrogens (tertiary/aromatic N) is 5. The minimum Gasteiger partial charge on any atom is -0.448 e. The van der Waals surface area contributed by atoms with Crippen LogP contribution in [0.2, 0.25) is 0 Å². The summed E-state index contributed by atoms with van der Waals surface area (Å²) in [5, 5.41) is 3.51. The van der Waals surface area contributed by atoms with Crippen LogP contribution in [0, 0.1) is 10.8 Å². The van der Waals surface area contributed by atoms with E-state index >= 15 is 4.79 Å². The molecule has 15 nitrogen and oxygen atoms in total. The number of likely N-dealkylation sites (N-methyl/N-ethyl adjacent to an activating group) is 2. The van der Waals surface area contributed by atoms with Crippen molar-refractivity contribution in [2.75, 3.05) is 68.4 Å². The molecule has 2 N–H and O–H groups in total. The molecule has 69 heavy (non-hydrogen) atoms. The van der Waals surface area contributed by atoms with Crippen LogP contribution in [-0.4, -0.2) is 112 Å². The number of anilines is 2. The van der Waals surface area contributed by atoms with Gasteiger partial charge in [0.05, 0.1) is 16.8 Å². The Morgan fingerprint density at radius 2 is 1.33 bits per heavy atom. The molecule has 366 valence electrons. The van der Waals surface area contributed by atoms with Crippen molar-refractivity contribution in [1.82, 2.24) is 14.8 Å². The lowest BCUT2D eigenvalue weighted by Crippen LogP contribution is -2.60. The fourth-order valence-corrected chi connectivity index (χ4v) is 12.8. The Labute approximate surface area is 418 Å². The maximum atomic E-state index is 15.1. The largest absolute Gasteiger partial charge is 0.524 e. The number of benzene rings is 4. The summed E-state index contributed by atoms with van der Waals surface area (Å²) in [7, 11) is 1.29. The second kappa shape index (κ2) is 20.5. The van der Waals surface area contributed by atoms with E-state index in [0.717, 1.165) is 21.5 Å². The standard InChI is InChI=1S/C49H54Cl2N5O10PS2/c1-6-49(28-48(3,29-49)44(57)55-25-31(23-50)43-36-16-10-8-14-34(36)40(22-38(43)55)66-67(61,62)63)45(58)56-26-32(24-51)42-35-15-9-7-13-33(35)39(21-37(42)56)65-47(60)54(5)20-19-53(4)46(59)64-27-30(2)68-69-41-17-11-12-18-52-41/h7-18,21-22,30-32H,6,19-20,23-29H2,1-5H3,(H2,61,62,63)/t30-,31?,32-,48?,49?/m1/s1. The van der Waals surface area contributed by atoms with Gasteiger partial charge in [0.1, 0.15) is 23.1 Å². The molecule has 1 fully saturated rings. The van der Waals surface area contributed by atoms with Crippen LogP contribution in [0.3, 0.4) is 0 Å². The predicted molar refractivity (Wildman–Crippen MR) is 272 cm³/mol. The maximum absolute atomic E-state index is 15.1. The fraction of sp³-hybridized carbons (Fsp3) is 0.408.